The average molecular weight is 297 g/mol. The number of methoxy groups -OCH3 is 1. The fourth-order valence-corrected chi connectivity index (χ4v) is 3.10. The van der Waals surface area contributed by atoms with E-state index in [1.165, 1.54) is 11.3 Å². The Morgan fingerprint density at radius 1 is 1.50 bits per heavy atom. The maximum Gasteiger partial charge on any atom is 0.0825 e. The maximum atomic E-state index is 6.19. The van der Waals surface area contributed by atoms with Gasteiger partial charge in [0, 0.05) is 37.0 Å². The van der Waals surface area contributed by atoms with Gasteiger partial charge in [-0.05, 0) is 50.8 Å². The molecule has 20 heavy (non-hydrogen) atoms. The van der Waals surface area contributed by atoms with E-state index in [1.807, 2.05) is 13.0 Å². The fraction of sp³-hybridized carbons (Fsp3) is 0.625. The van der Waals surface area contributed by atoms with Crippen molar-refractivity contribution in [3.05, 3.63) is 28.8 Å². The van der Waals surface area contributed by atoms with Gasteiger partial charge in [-0.3, -0.25) is 0 Å². The molecular weight excluding hydrogens is 272 g/mol. The van der Waals surface area contributed by atoms with Gasteiger partial charge >= 0.3 is 0 Å². The first kappa shape index (κ1) is 15.6. The van der Waals surface area contributed by atoms with E-state index in [0.717, 1.165) is 37.4 Å². The SMILES string of the molecule is COC1(C)CCCN(c2cc(Cl)ccc2CC(C)N)C1. The largest absolute Gasteiger partial charge is 0.377 e. The van der Waals surface area contributed by atoms with Gasteiger partial charge in [0.25, 0.3) is 0 Å². The lowest BCUT2D eigenvalue weighted by atomic mass is 9.93. The Kier molecular flexibility index (Phi) is 4.95. The van der Waals surface area contributed by atoms with Crippen LogP contribution in [-0.4, -0.2) is 31.8 Å². The molecule has 0 radical (unpaired) electrons. The number of benzene rings is 1. The monoisotopic (exact) mass is 296 g/mol. The average Bonchev–Trinajstić information content (AvgIpc) is 2.40. The van der Waals surface area contributed by atoms with Crippen molar-refractivity contribution in [3.63, 3.8) is 0 Å². The number of hydrogen-bond donors (Lipinski definition) is 1. The Bertz CT molecular complexity index is 464. The maximum absolute atomic E-state index is 6.19. The molecule has 0 bridgehead atoms. The van der Waals surface area contributed by atoms with E-state index in [2.05, 4.69) is 24.0 Å². The quantitative estimate of drug-likeness (QED) is 0.927. The van der Waals surface area contributed by atoms with E-state index in [-0.39, 0.29) is 11.6 Å². The minimum atomic E-state index is -0.0772. The molecule has 2 atom stereocenters. The van der Waals surface area contributed by atoms with E-state index in [4.69, 9.17) is 22.1 Å². The van der Waals surface area contributed by atoms with Crippen LogP contribution in [-0.2, 0) is 11.2 Å². The van der Waals surface area contributed by atoms with Crippen LogP contribution in [0.3, 0.4) is 0 Å². The van der Waals surface area contributed by atoms with Crippen molar-refractivity contribution in [2.75, 3.05) is 25.1 Å². The number of nitrogens with two attached hydrogens (primary N) is 1. The van der Waals surface area contributed by atoms with E-state index in [0.29, 0.717) is 0 Å². The summed E-state index contributed by atoms with van der Waals surface area (Å²) in [5.74, 6) is 0. The third-order valence-corrected chi connectivity index (χ3v) is 4.32. The number of rotatable bonds is 4. The Labute approximate surface area is 127 Å². The number of piperidine rings is 1. The lowest BCUT2D eigenvalue weighted by Gasteiger charge is -2.41. The lowest BCUT2D eigenvalue weighted by molar-refractivity contribution is -0.00468. The molecule has 2 rings (SSSR count). The van der Waals surface area contributed by atoms with Gasteiger partial charge in [-0.15, -0.1) is 0 Å². The van der Waals surface area contributed by atoms with Crippen LogP contribution in [0.15, 0.2) is 18.2 Å². The lowest BCUT2D eigenvalue weighted by Crippen LogP contribution is -2.47. The predicted octanol–water partition coefficient (Wildman–Crippen LogP) is 3.24. The van der Waals surface area contributed by atoms with Gasteiger partial charge in [0.2, 0.25) is 0 Å². The molecule has 0 aliphatic carbocycles. The smallest absolute Gasteiger partial charge is 0.0825 e. The van der Waals surface area contributed by atoms with Gasteiger partial charge in [-0.25, -0.2) is 0 Å². The molecule has 1 fully saturated rings. The Morgan fingerprint density at radius 3 is 2.90 bits per heavy atom. The molecule has 3 nitrogen and oxygen atoms in total. The van der Waals surface area contributed by atoms with E-state index in [1.54, 1.807) is 7.11 Å². The second-order valence-electron chi connectivity index (χ2n) is 6.13. The Balaban J connectivity index is 2.28. The number of nitrogens with zero attached hydrogens (tertiary/aromatic N) is 1. The molecule has 112 valence electrons. The highest BCUT2D eigenvalue weighted by Gasteiger charge is 2.31. The first-order valence-electron chi connectivity index (χ1n) is 7.28. The predicted molar refractivity (Wildman–Crippen MR) is 85.7 cm³/mol. The molecule has 1 aromatic carbocycles. The molecule has 1 aromatic rings. The number of hydrogen-bond acceptors (Lipinski definition) is 3. The third kappa shape index (κ3) is 3.66. The highest BCUT2D eigenvalue weighted by Crippen LogP contribution is 2.32. The Hall–Kier alpha value is -0.770. The Morgan fingerprint density at radius 2 is 2.25 bits per heavy atom. The minimum absolute atomic E-state index is 0.0772. The van der Waals surface area contributed by atoms with Crippen LogP contribution in [0.5, 0.6) is 0 Å². The summed E-state index contributed by atoms with van der Waals surface area (Å²) in [7, 11) is 1.80. The van der Waals surface area contributed by atoms with Gasteiger partial charge in [-0.2, -0.15) is 0 Å². The second kappa shape index (κ2) is 6.33. The molecule has 1 saturated heterocycles. The van der Waals surface area contributed by atoms with Crippen LogP contribution in [0, 0.1) is 0 Å². The van der Waals surface area contributed by atoms with Crippen LogP contribution in [0.1, 0.15) is 32.3 Å². The zero-order valence-electron chi connectivity index (χ0n) is 12.7. The van der Waals surface area contributed by atoms with Crippen LogP contribution in [0.4, 0.5) is 5.69 Å². The first-order valence-corrected chi connectivity index (χ1v) is 7.65. The van der Waals surface area contributed by atoms with E-state index >= 15 is 0 Å². The summed E-state index contributed by atoms with van der Waals surface area (Å²) in [6.45, 7) is 6.16. The van der Waals surface area contributed by atoms with Crippen LogP contribution >= 0.6 is 11.6 Å². The standard InChI is InChI=1S/C16H25ClN2O/c1-12(18)9-13-5-6-14(17)10-15(13)19-8-4-7-16(2,11-19)20-3/h5-6,10,12H,4,7-9,11,18H2,1-3H3. The van der Waals surface area contributed by atoms with Gasteiger partial charge in [0.15, 0.2) is 0 Å². The number of halogens is 1. The highest BCUT2D eigenvalue weighted by atomic mass is 35.5. The summed E-state index contributed by atoms with van der Waals surface area (Å²) in [4.78, 5) is 2.39. The molecule has 2 N–H and O–H groups in total. The van der Waals surface area contributed by atoms with Crippen molar-refractivity contribution in [1.82, 2.24) is 0 Å². The van der Waals surface area contributed by atoms with Crippen LogP contribution in [0.2, 0.25) is 5.02 Å². The normalized spacial score (nSPS) is 24.8. The molecule has 1 aliphatic rings. The van der Waals surface area contributed by atoms with Crippen molar-refractivity contribution in [2.24, 2.45) is 5.73 Å². The van der Waals surface area contributed by atoms with Crippen molar-refractivity contribution < 1.29 is 4.74 Å². The zero-order chi connectivity index (χ0) is 14.8. The molecule has 1 heterocycles. The van der Waals surface area contributed by atoms with Crippen LogP contribution < -0.4 is 10.6 Å². The van der Waals surface area contributed by atoms with E-state index in [9.17, 15) is 0 Å². The number of ether oxygens (including phenoxy) is 1. The molecular formula is C16H25ClN2O. The number of anilines is 1. The van der Waals surface area contributed by atoms with Crippen LogP contribution in [0.25, 0.3) is 0 Å². The van der Waals surface area contributed by atoms with Crippen molar-refractivity contribution in [2.45, 2.75) is 44.8 Å². The molecule has 0 amide bonds. The summed E-state index contributed by atoms with van der Waals surface area (Å²) >= 11 is 6.19. The fourth-order valence-electron chi connectivity index (χ4n) is 2.93. The summed E-state index contributed by atoms with van der Waals surface area (Å²) in [6, 6.07) is 6.25. The third-order valence-electron chi connectivity index (χ3n) is 4.08. The van der Waals surface area contributed by atoms with Gasteiger partial charge in [0.1, 0.15) is 0 Å². The van der Waals surface area contributed by atoms with Gasteiger partial charge in [-0.1, -0.05) is 17.7 Å². The summed E-state index contributed by atoms with van der Waals surface area (Å²) in [6.07, 6.45) is 3.10. The summed E-state index contributed by atoms with van der Waals surface area (Å²) in [5, 5.41) is 0.776. The van der Waals surface area contributed by atoms with Gasteiger partial charge in [0.05, 0.1) is 5.60 Å². The molecule has 2 unspecified atom stereocenters. The zero-order valence-corrected chi connectivity index (χ0v) is 13.4. The first-order chi connectivity index (χ1) is 9.43. The molecule has 1 aliphatic heterocycles. The molecule has 0 spiro atoms. The molecule has 4 heteroatoms. The van der Waals surface area contributed by atoms with Crippen molar-refractivity contribution in [1.29, 1.82) is 0 Å². The highest BCUT2D eigenvalue weighted by molar-refractivity contribution is 6.30. The summed E-state index contributed by atoms with van der Waals surface area (Å²) < 4.78 is 5.68. The second-order valence-corrected chi connectivity index (χ2v) is 6.57. The molecule has 0 aromatic heterocycles. The topological polar surface area (TPSA) is 38.5 Å². The summed E-state index contributed by atoms with van der Waals surface area (Å²) in [5.41, 5.74) is 8.36. The van der Waals surface area contributed by atoms with Crippen molar-refractivity contribution >= 4 is 17.3 Å². The van der Waals surface area contributed by atoms with Crippen molar-refractivity contribution in [3.8, 4) is 0 Å². The molecule has 0 saturated carbocycles. The van der Waals surface area contributed by atoms with Gasteiger partial charge < -0.3 is 15.4 Å². The minimum Gasteiger partial charge on any atom is -0.377 e. The van der Waals surface area contributed by atoms with E-state index < -0.39 is 0 Å².